The quantitative estimate of drug-likeness (QED) is 0.829. The fourth-order valence-electron chi connectivity index (χ4n) is 3.23. The smallest absolute Gasteiger partial charge is 0.217 e. The summed E-state index contributed by atoms with van der Waals surface area (Å²) in [7, 11) is 0. The minimum atomic E-state index is -0.521. The summed E-state index contributed by atoms with van der Waals surface area (Å²) in [6.45, 7) is 1.87. The third-order valence-corrected chi connectivity index (χ3v) is 4.51. The van der Waals surface area contributed by atoms with Gasteiger partial charge in [-0.05, 0) is 29.8 Å². The van der Waals surface area contributed by atoms with Crippen molar-refractivity contribution in [2.24, 2.45) is 11.7 Å². The van der Waals surface area contributed by atoms with Crippen molar-refractivity contribution in [3.05, 3.63) is 59.7 Å². The highest BCUT2D eigenvalue weighted by molar-refractivity contribution is 5.74. The number of ether oxygens (including phenoxy) is 1. The maximum Gasteiger partial charge on any atom is 0.217 e. The van der Waals surface area contributed by atoms with E-state index in [0.29, 0.717) is 36.7 Å². The van der Waals surface area contributed by atoms with Gasteiger partial charge in [-0.2, -0.15) is 5.26 Å². The van der Waals surface area contributed by atoms with E-state index in [1.807, 2.05) is 30.3 Å². The molecule has 0 aliphatic carbocycles. The van der Waals surface area contributed by atoms with Gasteiger partial charge in [0.1, 0.15) is 17.6 Å². The number of nitrogens with two attached hydrogens (primary N) is 1. The minimum absolute atomic E-state index is 0.0995. The molecule has 2 atom stereocenters. The molecular formula is C20H21N3O3. The van der Waals surface area contributed by atoms with Crippen molar-refractivity contribution in [3.63, 3.8) is 0 Å². The van der Waals surface area contributed by atoms with Gasteiger partial charge in [0.05, 0.1) is 11.7 Å². The second-order valence-electron chi connectivity index (χ2n) is 6.55. The Hall–Kier alpha value is -2.88. The highest BCUT2D eigenvalue weighted by Gasteiger charge is 2.32. The number of carbonyl (C=O) groups excluding carboxylic acids is 1. The lowest BCUT2D eigenvalue weighted by molar-refractivity contribution is -0.119. The van der Waals surface area contributed by atoms with Gasteiger partial charge in [0, 0.05) is 32.0 Å². The average molecular weight is 351 g/mol. The van der Waals surface area contributed by atoms with Gasteiger partial charge in [-0.25, -0.2) is 0 Å². The first-order chi connectivity index (χ1) is 12.5. The fraction of sp³-hybridized carbons (Fsp3) is 0.300. The molecule has 0 radical (unpaired) electrons. The van der Waals surface area contributed by atoms with Gasteiger partial charge < -0.3 is 15.6 Å². The van der Waals surface area contributed by atoms with E-state index in [2.05, 4.69) is 11.0 Å². The van der Waals surface area contributed by atoms with E-state index in [0.717, 1.165) is 5.56 Å². The Morgan fingerprint density at radius 1 is 1.23 bits per heavy atom. The minimum Gasteiger partial charge on any atom is -0.456 e. The zero-order chi connectivity index (χ0) is 18.5. The molecule has 0 aromatic heterocycles. The molecule has 2 aromatic carbocycles. The molecule has 0 bridgehead atoms. The Bertz CT molecular complexity index is 814. The van der Waals surface area contributed by atoms with Crippen LogP contribution >= 0.6 is 0 Å². The van der Waals surface area contributed by atoms with Crippen LogP contribution < -0.4 is 10.5 Å². The number of primary amides is 1. The maximum atomic E-state index is 11.1. The van der Waals surface area contributed by atoms with Crippen LogP contribution in [-0.4, -0.2) is 35.1 Å². The Morgan fingerprint density at radius 3 is 2.65 bits per heavy atom. The summed E-state index contributed by atoms with van der Waals surface area (Å²) in [5.41, 5.74) is 6.80. The Kier molecular flexibility index (Phi) is 5.52. The van der Waals surface area contributed by atoms with E-state index in [9.17, 15) is 9.90 Å². The van der Waals surface area contributed by atoms with Crippen LogP contribution in [0.25, 0.3) is 0 Å². The van der Waals surface area contributed by atoms with Crippen molar-refractivity contribution in [1.29, 1.82) is 5.26 Å². The third-order valence-electron chi connectivity index (χ3n) is 4.51. The van der Waals surface area contributed by atoms with E-state index in [1.165, 1.54) is 0 Å². The van der Waals surface area contributed by atoms with E-state index in [-0.39, 0.29) is 18.2 Å². The van der Waals surface area contributed by atoms with Gasteiger partial charge in [-0.15, -0.1) is 0 Å². The van der Waals surface area contributed by atoms with Gasteiger partial charge in [-0.1, -0.05) is 24.3 Å². The zero-order valence-electron chi connectivity index (χ0n) is 14.3. The average Bonchev–Trinajstić information content (AvgIpc) is 2.95. The first kappa shape index (κ1) is 17.9. The molecule has 2 aromatic rings. The number of hydrogen-bond donors (Lipinski definition) is 2. The number of amides is 1. The van der Waals surface area contributed by atoms with Crippen molar-refractivity contribution in [1.82, 2.24) is 4.90 Å². The number of hydrogen-bond acceptors (Lipinski definition) is 5. The van der Waals surface area contributed by atoms with Crippen LogP contribution in [0.4, 0.5) is 0 Å². The summed E-state index contributed by atoms with van der Waals surface area (Å²) in [5, 5.41) is 19.2. The number of aliphatic hydroxyl groups is 1. The van der Waals surface area contributed by atoms with Crippen LogP contribution in [0.1, 0.15) is 17.5 Å². The predicted octanol–water partition coefficient (Wildman–Crippen LogP) is 2.02. The highest BCUT2D eigenvalue weighted by atomic mass is 16.5. The number of nitriles is 1. The number of likely N-dealkylation sites (tertiary alicyclic amines) is 1. The van der Waals surface area contributed by atoms with Crippen molar-refractivity contribution in [2.45, 2.75) is 19.1 Å². The van der Waals surface area contributed by atoms with Gasteiger partial charge in [0.2, 0.25) is 5.91 Å². The van der Waals surface area contributed by atoms with Crippen LogP contribution in [0.5, 0.6) is 11.5 Å². The van der Waals surface area contributed by atoms with Crippen molar-refractivity contribution in [3.8, 4) is 17.6 Å². The number of β-amino-alcohol motifs (C(OH)–C–C–N with tert-alkyl or cyclic N) is 1. The highest BCUT2D eigenvalue weighted by Crippen LogP contribution is 2.26. The van der Waals surface area contributed by atoms with E-state index in [4.69, 9.17) is 15.7 Å². The molecule has 1 aliphatic rings. The molecule has 6 nitrogen and oxygen atoms in total. The standard InChI is InChI=1S/C20H21N3O3/c21-10-15-3-1-2-4-19(15)26-17-7-5-14(6-8-17)11-23-12-16(9-20(22)25)18(24)13-23/h1-8,16,18,24H,9,11-13H2,(H2,22,25)/t16-,18-/m1/s1. The summed E-state index contributed by atoms with van der Waals surface area (Å²) in [6.07, 6.45) is -0.310. The first-order valence-electron chi connectivity index (χ1n) is 8.50. The van der Waals surface area contributed by atoms with Crippen LogP contribution in [-0.2, 0) is 11.3 Å². The van der Waals surface area contributed by atoms with E-state index in [1.54, 1.807) is 18.2 Å². The van der Waals surface area contributed by atoms with E-state index < -0.39 is 6.10 Å². The molecule has 6 heteroatoms. The summed E-state index contributed by atoms with van der Waals surface area (Å²) < 4.78 is 5.78. The number of carbonyl (C=O) groups is 1. The van der Waals surface area contributed by atoms with Crippen LogP contribution in [0, 0.1) is 17.2 Å². The Labute approximate surface area is 152 Å². The summed E-state index contributed by atoms with van der Waals surface area (Å²) in [6, 6.07) is 16.8. The SMILES string of the molecule is N#Cc1ccccc1Oc1ccc(CN2C[C@@H](CC(N)=O)[C@H](O)C2)cc1. The molecule has 0 spiro atoms. The Morgan fingerprint density at radius 2 is 1.96 bits per heavy atom. The molecule has 3 rings (SSSR count). The number of para-hydroxylation sites is 1. The number of rotatable bonds is 6. The molecule has 134 valence electrons. The zero-order valence-corrected chi connectivity index (χ0v) is 14.3. The molecule has 1 aliphatic heterocycles. The van der Waals surface area contributed by atoms with Crippen LogP contribution in [0.15, 0.2) is 48.5 Å². The van der Waals surface area contributed by atoms with Gasteiger partial charge >= 0.3 is 0 Å². The molecular weight excluding hydrogens is 330 g/mol. The maximum absolute atomic E-state index is 11.1. The summed E-state index contributed by atoms with van der Waals surface area (Å²) in [5.74, 6) is 0.705. The first-order valence-corrected chi connectivity index (χ1v) is 8.50. The normalized spacial score (nSPS) is 19.8. The summed E-state index contributed by atoms with van der Waals surface area (Å²) >= 11 is 0. The van der Waals surface area contributed by atoms with Crippen molar-refractivity contribution < 1.29 is 14.6 Å². The van der Waals surface area contributed by atoms with Gasteiger partial charge in [-0.3, -0.25) is 9.69 Å². The van der Waals surface area contributed by atoms with Gasteiger partial charge in [0.25, 0.3) is 0 Å². The topological polar surface area (TPSA) is 99.6 Å². The van der Waals surface area contributed by atoms with Crippen molar-refractivity contribution in [2.75, 3.05) is 13.1 Å². The molecule has 1 fully saturated rings. The summed E-state index contributed by atoms with van der Waals surface area (Å²) in [4.78, 5) is 13.2. The largest absolute Gasteiger partial charge is 0.456 e. The number of aliphatic hydroxyl groups excluding tert-OH is 1. The molecule has 1 saturated heterocycles. The third kappa shape index (κ3) is 4.39. The molecule has 0 saturated carbocycles. The molecule has 3 N–H and O–H groups in total. The molecule has 1 amide bonds. The molecule has 26 heavy (non-hydrogen) atoms. The second kappa shape index (κ2) is 8.00. The monoisotopic (exact) mass is 351 g/mol. The fourth-order valence-corrected chi connectivity index (χ4v) is 3.23. The second-order valence-corrected chi connectivity index (χ2v) is 6.55. The van der Waals surface area contributed by atoms with Crippen LogP contribution in [0.3, 0.4) is 0 Å². The number of benzene rings is 2. The van der Waals surface area contributed by atoms with E-state index >= 15 is 0 Å². The van der Waals surface area contributed by atoms with Crippen molar-refractivity contribution >= 4 is 5.91 Å². The lowest BCUT2D eigenvalue weighted by Gasteiger charge is -2.15. The Balaban J connectivity index is 1.60. The lowest BCUT2D eigenvalue weighted by atomic mass is 10.0. The van der Waals surface area contributed by atoms with Crippen LogP contribution in [0.2, 0.25) is 0 Å². The molecule has 0 unspecified atom stereocenters. The number of nitrogens with zero attached hydrogens (tertiary/aromatic N) is 2. The predicted molar refractivity (Wildman–Crippen MR) is 96.3 cm³/mol. The van der Waals surface area contributed by atoms with Gasteiger partial charge in [0.15, 0.2) is 0 Å². The lowest BCUT2D eigenvalue weighted by Crippen LogP contribution is -2.24. The molecule has 1 heterocycles.